The zero-order chi connectivity index (χ0) is 12.3. The largest absolute Gasteiger partial charge is 0.495 e. The number of aromatic nitrogens is 2. The molecule has 2 aromatic rings. The van der Waals surface area contributed by atoms with Crippen LogP contribution in [0.15, 0.2) is 30.7 Å². The summed E-state index contributed by atoms with van der Waals surface area (Å²) >= 11 is 0. The van der Waals surface area contributed by atoms with Crippen molar-refractivity contribution in [3.05, 3.63) is 42.0 Å². The van der Waals surface area contributed by atoms with Crippen LogP contribution in [0, 0.1) is 6.92 Å². The molecule has 1 heterocycles. The number of aryl methyl sites for hydroxylation is 2. The molecule has 0 saturated carbocycles. The molecule has 2 rings (SSSR count). The number of hydrogen-bond acceptors (Lipinski definition) is 2. The van der Waals surface area contributed by atoms with Crippen molar-refractivity contribution in [1.82, 2.24) is 9.55 Å². The monoisotopic (exact) mass is 230 g/mol. The second-order valence-corrected chi connectivity index (χ2v) is 4.20. The van der Waals surface area contributed by atoms with Crippen LogP contribution < -0.4 is 4.74 Å². The van der Waals surface area contributed by atoms with Gasteiger partial charge in [0.1, 0.15) is 5.75 Å². The molecule has 0 spiro atoms. The fourth-order valence-electron chi connectivity index (χ4n) is 1.88. The average molecular weight is 230 g/mol. The molecule has 0 unspecified atom stereocenters. The van der Waals surface area contributed by atoms with Crippen LogP contribution in [-0.4, -0.2) is 16.7 Å². The van der Waals surface area contributed by atoms with Crippen molar-refractivity contribution in [2.24, 2.45) is 0 Å². The quantitative estimate of drug-likeness (QED) is 0.806. The maximum Gasteiger partial charge on any atom is 0.143 e. The number of hydrogen-bond donors (Lipinski definition) is 0. The van der Waals surface area contributed by atoms with Crippen LogP contribution in [-0.2, 0) is 6.42 Å². The van der Waals surface area contributed by atoms with E-state index in [2.05, 4.69) is 37.2 Å². The lowest BCUT2D eigenvalue weighted by molar-refractivity contribution is 0.412. The van der Waals surface area contributed by atoms with Crippen molar-refractivity contribution in [3.8, 4) is 11.4 Å². The van der Waals surface area contributed by atoms with Crippen LogP contribution in [0.2, 0.25) is 0 Å². The van der Waals surface area contributed by atoms with E-state index in [1.54, 1.807) is 7.11 Å². The Morgan fingerprint density at radius 1 is 1.35 bits per heavy atom. The zero-order valence-corrected chi connectivity index (χ0v) is 10.6. The molecule has 0 aliphatic heterocycles. The summed E-state index contributed by atoms with van der Waals surface area (Å²) in [6.07, 6.45) is 6.04. The highest BCUT2D eigenvalue weighted by molar-refractivity contribution is 5.48. The minimum absolute atomic E-state index is 0.880. The molecular weight excluding hydrogens is 212 g/mol. The van der Waals surface area contributed by atoms with Gasteiger partial charge in [-0.3, -0.25) is 0 Å². The van der Waals surface area contributed by atoms with E-state index in [9.17, 15) is 0 Å². The summed E-state index contributed by atoms with van der Waals surface area (Å²) in [6.45, 7) is 4.22. The third kappa shape index (κ3) is 2.49. The summed E-state index contributed by atoms with van der Waals surface area (Å²) in [4.78, 5) is 4.39. The Balaban J connectivity index is 2.37. The van der Waals surface area contributed by atoms with Crippen molar-refractivity contribution in [2.45, 2.75) is 26.7 Å². The lowest BCUT2D eigenvalue weighted by Gasteiger charge is -2.09. The summed E-state index contributed by atoms with van der Waals surface area (Å²) in [5, 5.41) is 0. The van der Waals surface area contributed by atoms with Gasteiger partial charge in [-0.05, 0) is 31.0 Å². The van der Waals surface area contributed by atoms with Crippen LogP contribution in [0.1, 0.15) is 24.6 Å². The lowest BCUT2D eigenvalue weighted by atomic mass is 10.2. The number of nitrogens with zero attached hydrogens (tertiary/aromatic N) is 2. The molecule has 0 bridgehead atoms. The minimum atomic E-state index is 0.880. The standard InChI is InChI=1S/C14H18N2O/c1-4-5-12-9-16(10-15-12)13-7-6-11(2)8-14(13)17-3/h6-10H,4-5H2,1-3H3. The van der Waals surface area contributed by atoms with Crippen LogP contribution in [0.3, 0.4) is 0 Å². The van der Waals surface area contributed by atoms with E-state index in [1.165, 1.54) is 5.56 Å². The Labute approximate surface area is 102 Å². The van der Waals surface area contributed by atoms with Crippen molar-refractivity contribution < 1.29 is 4.74 Å². The molecular formula is C14H18N2O. The fraction of sp³-hybridized carbons (Fsp3) is 0.357. The van der Waals surface area contributed by atoms with Crippen molar-refractivity contribution in [2.75, 3.05) is 7.11 Å². The topological polar surface area (TPSA) is 27.1 Å². The number of methoxy groups -OCH3 is 1. The number of rotatable bonds is 4. The highest BCUT2D eigenvalue weighted by Gasteiger charge is 2.06. The molecule has 0 radical (unpaired) electrons. The maximum absolute atomic E-state index is 5.40. The first-order valence-electron chi connectivity index (χ1n) is 5.92. The third-order valence-electron chi connectivity index (χ3n) is 2.76. The zero-order valence-electron chi connectivity index (χ0n) is 10.6. The molecule has 0 aliphatic carbocycles. The molecule has 3 nitrogen and oxygen atoms in total. The van der Waals surface area contributed by atoms with Crippen LogP contribution >= 0.6 is 0 Å². The number of ether oxygens (including phenoxy) is 1. The first-order valence-corrected chi connectivity index (χ1v) is 5.92. The summed E-state index contributed by atoms with van der Waals surface area (Å²) in [7, 11) is 1.70. The Morgan fingerprint density at radius 2 is 2.18 bits per heavy atom. The predicted octanol–water partition coefficient (Wildman–Crippen LogP) is 3.14. The molecule has 0 atom stereocenters. The summed E-state index contributed by atoms with van der Waals surface area (Å²) in [5.41, 5.74) is 3.35. The van der Waals surface area contributed by atoms with Gasteiger partial charge in [0.15, 0.2) is 0 Å². The average Bonchev–Trinajstić information content (AvgIpc) is 2.78. The van der Waals surface area contributed by atoms with Crippen molar-refractivity contribution >= 4 is 0 Å². The van der Waals surface area contributed by atoms with Crippen molar-refractivity contribution in [1.29, 1.82) is 0 Å². The predicted molar refractivity (Wildman–Crippen MR) is 68.8 cm³/mol. The van der Waals surface area contributed by atoms with Crippen molar-refractivity contribution in [3.63, 3.8) is 0 Å². The summed E-state index contributed by atoms with van der Waals surface area (Å²) in [6, 6.07) is 6.18. The van der Waals surface area contributed by atoms with Gasteiger partial charge < -0.3 is 9.30 Å². The summed E-state index contributed by atoms with van der Waals surface area (Å²) < 4.78 is 7.42. The Kier molecular flexibility index (Phi) is 3.47. The lowest BCUT2D eigenvalue weighted by Crippen LogP contribution is -1.95. The molecule has 0 aliphatic rings. The molecule has 0 amide bonds. The first kappa shape index (κ1) is 11.7. The van der Waals surface area contributed by atoms with Crippen LogP contribution in [0.5, 0.6) is 5.75 Å². The van der Waals surface area contributed by atoms with Crippen LogP contribution in [0.4, 0.5) is 0 Å². The van der Waals surface area contributed by atoms with Gasteiger partial charge in [-0.15, -0.1) is 0 Å². The second-order valence-electron chi connectivity index (χ2n) is 4.20. The first-order chi connectivity index (χ1) is 8.24. The fourth-order valence-corrected chi connectivity index (χ4v) is 1.88. The van der Waals surface area contributed by atoms with Gasteiger partial charge in [0.05, 0.1) is 24.8 Å². The number of benzene rings is 1. The summed E-state index contributed by atoms with van der Waals surface area (Å²) in [5.74, 6) is 0.880. The van der Waals surface area contributed by atoms with Gasteiger partial charge in [-0.1, -0.05) is 19.4 Å². The molecule has 1 aromatic heterocycles. The Hall–Kier alpha value is -1.77. The molecule has 90 valence electrons. The minimum Gasteiger partial charge on any atom is -0.495 e. The van der Waals surface area contributed by atoms with E-state index in [-0.39, 0.29) is 0 Å². The van der Waals surface area contributed by atoms with E-state index in [1.807, 2.05) is 17.0 Å². The highest BCUT2D eigenvalue weighted by Crippen LogP contribution is 2.24. The van der Waals surface area contributed by atoms with Gasteiger partial charge in [-0.2, -0.15) is 0 Å². The van der Waals surface area contributed by atoms with Gasteiger partial charge in [0.2, 0.25) is 0 Å². The highest BCUT2D eigenvalue weighted by atomic mass is 16.5. The third-order valence-corrected chi connectivity index (χ3v) is 2.76. The molecule has 1 aromatic carbocycles. The molecule has 0 N–H and O–H groups in total. The van der Waals surface area contributed by atoms with Gasteiger partial charge in [0, 0.05) is 6.20 Å². The van der Waals surface area contributed by atoms with E-state index < -0.39 is 0 Å². The SMILES string of the molecule is CCCc1cn(-c2ccc(C)cc2OC)cn1. The van der Waals surface area contributed by atoms with Gasteiger partial charge in [0.25, 0.3) is 0 Å². The smallest absolute Gasteiger partial charge is 0.143 e. The van der Waals surface area contributed by atoms with E-state index in [4.69, 9.17) is 4.74 Å². The molecule has 0 fully saturated rings. The van der Waals surface area contributed by atoms with E-state index in [0.29, 0.717) is 0 Å². The molecule has 3 heteroatoms. The van der Waals surface area contributed by atoms with Crippen LogP contribution in [0.25, 0.3) is 5.69 Å². The maximum atomic E-state index is 5.40. The Morgan fingerprint density at radius 3 is 2.88 bits per heavy atom. The molecule has 0 saturated heterocycles. The Bertz CT molecular complexity index is 503. The normalized spacial score (nSPS) is 10.5. The molecule has 17 heavy (non-hydrogen) atoms. The van der Waals surface area contributed by atoms with E-state index >= 15 is 0 Å². The van der Waals surface area contributed by atoms with E-state index in [0.717, 1.165) is 30.0 Å². The second kappa shape index (κ2) is 5.04. The van der Waals surface area contributed by atoms with Gasteiger partial charge >= 0.3 is 0 Å². The van der Waals surface area contributed by atoms with Gasteiger partial charge in [-0.25, -0.2) is 4.98 Å². The number of imidazole rings is 1.